The van der Waals surface area contributed by atoms with Crippen molar-refractivity contribution in [2.24, 2.45) is 0 Å². The second kappa shape index (κ2) is 18.0. The molecule has 0 aliphatic heterocycles. The number of quaternary nitrogens is 1. The molecule has 0 spiro atoms. The molecule has 0 aromatic carbocycles. The fourth-order valence-electron chi connectivity index (χ4n) is 3.36. The Kier molecular flexibility index (Phi) is 19.8. The molecule has 3 heteroatoms. The zero-order valence-corrected chi connectivity index (χ0v) is 17.9. The topological polar surface area (TPSA) is 20.2 Å². The zero-order chi connectivity index (χ0) is 17.4. The van der Waals surface area contributed by atoms with Gasteiger partial charge in [0.25, 0.3) is 0 Å². The largest absolute Gasteiger partial charge is 1.00 e. The van der Waals surface area contributed by atoms with Gasteiger partial charge < -0.3 is 22.0 Å². The third-order valence-corrected chi connectivity index (χ3v) is 5.26. The van der Waals surface area contributed by atoms with Crippen molar-refractivity contribution in [3.8, 4) is 0 Å². The fourth-order valence-corrected chi connectivity index (χ4v) is 3.36. The Bertz CT molecular complexity index is 246. The lowest BCUT2D eigenvalue weighted by atomic mass is 10.0. The van der Waals surface area contributed by atoms with Crippen molar-refractivity contribution in [3.05, 3.63) is 0 Å². The maximum atomic E-state index is 9.96. The Labute approximate surface area is 159 Å². The van der Waals surface area contributed by atoms with Crippen molar-refractivity contribution in [3.63, 3.8) is 0 Å². The summed E-state index contributed by atoms with van der Waals surface area (Å²) in [6.45, 7) is 5.46. The van der Waals surface area contributed by atoms with E-state index in [9.17, 15) is 5.11 Å². The minimum absolute atomic E-state index is 0. The van der Waals surface area contributed by atoms with Gasteiger partial charge in [0.15, 0.2) is 6.23 Å². The van der Waals surface area contributed by atoms with E-state index in [2.05, 4.69) is 27.9 Å². The Morgan fingerprint density at radius 3 is 1.29 bits per heavy atom. The molecule has 0 saturated heterocycles. The van der Waals surface area contributed by atoms with Crippen LogP contribution in [0.4, 0.5) is 0 Å². The number of halogens is 1. The minimum Gasteiger partial charge on any atom is -1.00 e. The number of aliphatic hydroxyl groups excluding tert-OH is 1. The molecular weight excluding hydrogens is 318 g/mol. The van der Waals surface area contributed by atoms with Crippen LogP contribution in [0.2, 0.25) is 0 Å². The number of aliphatic hydroxyl groups is 1. The van der Waals surface area contributed by atoms with Crippen molar-refractivity contribution >= 4 is 0 Å². The first-order valence-electron chi connectivity index (χ1n) is 10.5. The van der Waals surface area contributed by atoms with Gasteiger partial charge in [0, 0.05) is 6.42 Å². The summed E-state index contributed by atoms with van der Waals surface area (Å²) in [5.41, 5.74) is 0. The van der Waals surface area contributed by atoms with Crippen LogP contribution in [0.25, 0.3) is 0 Å². The Morgan fingerprint density at radius 2 is 0.958 bits per heavy atom. The first-order chi connectivity index (χ1) is 11.0. The molecular formula is C21H46ClNO. The van der Waals surface area contributed by atoms with Crippen molar-refractivity contribution in [1.29, 1.82) is 0 Å². The van der Waals surface area contributed by atoms with E-state index in [0.29, 0.717) is 0 Å². The van der Waals surface area contributed by atoms with Crippen LogP contribution in [0.1, 0.15) is 110 Å². The standard InChI is InChI=1S/C21H46NO.ClH/c1-5-7-8-9-10-11-12-13-14-15-16-17-18-19-20-22(3,4)21(23)6-2;/h21,23H,5-20H2,1-4H3;1H/q+1;/p-1. The highest BCUT2D eigenvalue weighted by molar-refractivity contribution is 4.50. The van der Waals surface area contributed by atoms with Gasteiger partial charge in [-0.25, -0.2) is 0 Å². The third kappa shape index (κ3) is 15.7. The minimum atomic E-state index is -0.197. The summed E-state index contributed by atoms with van der Waals surface area (Å²) in [7, 11) is 4.30. The average molecular weight is 364 g/mol. The highest BCUT2D eigenvalue weighted by Gasteiger charge is 2.23. The van der Waals surface area contributed by atoms with E-state index < -0.39 is 0 Å². The molecule has 0 aliphatic carbocycles. The van der Waals surface area contributed by atoms with E-state index >= 15 is 0 Å². The molecule has 2 nitrogen and oxygen atoms in total. The molecule has 0 aromatic rings. The van der Waals surface area contributed by atoms with Gasteiger partial charge >= 0.3 is 0 Å². The average Bonchev–Trinajstić information content (AvgIpc) is 2.54. The van der Waals surface area contributed by atoms with Gasteiger partial charge in [-0.2, -0.15) is 0 Å². The number of hydrogen-bond donors (Lipinski definition) is 1. The molecule has 1 unspecified atom stereocenters. The Hall–Kier alpha value is 0.210. The van der Waals surface area contributed by atoms with Crippen molar-refractivity contribution in [2.45, 2.75) is 116 Å². The van der Waals surface area contributed by atoms with Crippen molar-refractivity contribution < 1.29 is 22.0 Å². The molecule has 0 heterocycles. The molecule has 0 amide bonds. The first kappa shape index (κ1) is 26.4. The molecule has 0 fully saturated rings. The molecule has 0 rings (SSSR count). The summed E-state index contributed by atoms with van der Waals surface area (Å²) < 4.78 is 0.759. The molecule has 0 aromatic heterocycles. The van der Waals surface area contributed by atoms with Crippen LogP contribution in [0, 0.1) is 0 Å². The van der Waals surface area contributed by atoms with Crippen molar-refractivity contribution in [2.75, 3.05) is 20.6 Å². The summed E-state index contributed by atoms with van der Waals surface area (Å²) in [5.74, 6) is 0. The highest BCUT2D eigenvalue weighted by atomic mass is 35.5. The van der Waals surface area contributed by atoms with E-state index in [1.807, 2.05) is 0 Å². The molecule has 0 saturated carbocycles. The quantitative estimate of drug-likeness (QED) is 0.239. The number of hydrogen-bond acceptors (Lipinski definition) is 1. The monoisotopic (exact) mass is 363 g/mol. The summed E-state index contributed by atoms with van der Waals surface area (Å²) in [5, 5.41) is 9.96. The number of nitrogens with zero attached hydrogens (tertiary/aromatic N) is 1. The van der Waals surface area contributed by atoms with Crippen LogP contribution in [-0.4, -0.2) is 36.5 Å². The summed E-state index contributed by atoms with van der Waals surface area (Å²) in [4.78, 5) is 0. The molecule has 0 radical (unpaired) electrons. The van der Waals surface area contributed by atoms with Crippen LogP contribution in [-0.2, 0) is 0 Å². The van der Waals surface area contributed by atoms with E-state index in [1.165, 1.54) is 89.9 Å². The van der Waals surface area contributed by atoms with Crippen LogP contribution in [0.15, 0.2) is 0 Å². The van der Waals surface area contributed by atoms with E-state index in [1.54, 1.807) is 0 Å². The highest BCUT2D eigenvalue weighted by Crippen LogP contribution is 2.14. The maximum Gasteiger partial charge on any atom is 0.189 e. The predicted octanol–water partition coefficient (Wildman–Crippen LogP) is 3.28. The molecule has 0 bridgehead atoms. The van der Waals surface area contributed by atoms with Gasteiger partial charge in [0.2, 0.25) is 0 Å². The molecule has 1 atom stereocenters. The van der Waals surface area contributed by atoms with Crippen LogP contribution in [0.5, 0.6) is 0 Å². The smallest absolute Gasteiger partial charge is 0.189 e. The molecule has 148 valence electrons. The lowest BCUT2D eigenvalue weighted by Gasteiger charge is -2.34. The number of unbranched alkanes of at least 4 members (excludes halogenated alkanes) is 13. The van der Waals surface area contributed by atoms with Crippen molar-refractivity contribution in [1.82, 2.24) is 0 Å². The van der Waals surface area contributed by atoms with Gasteiger partial charge in [-0.15, -0.1) is 0 Å². The van der Waals surface area contributed by atoms with Gasteiger partial charge in [-0.3, -0.25) is 0 Å². The summed E-state index contributed by atoms with van der Waals surface area (Å²) in [6, 6.07) is 0. The SMILES string of the molecule is CCCCCCCCCCCCCCCC[N+](C)(C)C(O)CC.[Cl-]. The van der Waals surface area contributed by atoms with Gasteiger partial charge in [-0.1, -0.05) is 90.9 Å². The molecule has 24 heavy (non-hydrogen) atoms. The molecule has 1 N–H and O–H groups in total. The maximum absolute atomic E-state index is 9.96. The third-order valence-electron chi connectivity index (χ3n) is 5.26. The second-order valence-electron chi connectivity index (χ2n) is 7.99. The second-order valence-corrected chi connectivity index (χ2v) is 7.99. The Balaban J connectivity index is 0. The van der Waals surface area contributed by atoms with E-state index in [-0.39, 0.29) is 18.6 Å². The van der Waals surface area contributed by atoms with Gasteiger partial charge in [0.1, 0.15) is 0 Å². The predicted molar refractivity (Wildman–Crippen MR) is 104 cm³/mol. The van der Waals surface area contributed by atoms with Crippen LogP contribution < -0.4 is 12.4 Å². The molecule has 0 aliphatic rings. The normalized spacial score (nSPS) is 12.9. The zero-order valence-electron chi connectivity index (χ0n) is 17.2. The Morgan fingerprint density at radius 1 is 0.625 bits per heavy atom. The summed E-state index contributed by atoms with van der Waals surface area (Å²) >= 11 is 0. The van der Waals surface area contributed by atoms with Crippen LogP contribution in [0.3, 0.4) is 0 Å². The first-order valence-corrected chi connectivity index (χ1v) is 10.5. The van der Waals surface area contributed by atoms with E-state index in [0.717, 1.165) is 17.4 Å². The lowest BCUT2D eigenvalue weighted by molar-refractivity contribution is -0.937. The van der Waals surface area contributed by atoms with Gasteiger partial charge in [-0.05, 0) is 12.8 Å². The lowest BCUT2D eigenvalue weighted by Crippen LogP contribution is -3.00. The van der Waals surface area contributed by atoms with E-state index in [4.69, 9.17) is 0 Å². The number of rotatable bonds is 17. The van der Waals surface area contributed by atoms with Gasteiger partial charge in [0.05, 0.1) is 20.6 Å². The summed E-state index contributed by atoms with van der Waals surface area (Å²) in [6.07, 6.45) is 20.4. The van der Waals surface area contributed by atoms with Crippen LogP contribution >= 0.6 is 0 Å². The fraction of sp³-hybridized carbons (Fsp3) is 1.00.